The van der Waals surface area contributed by atoms with Crippen molar-refractivity contribution in [2.45, 2.75) is 45.6 Å². The highest BCUT2D eigenvalue weighted by Crippen LogP contribution is 2.43. The minimum absolute atomic E-state index is 0.0146. The van der Waals surface area contributed by atoms with Crippen LogP contribution in [0.15, 0.2) is 41.9 Å². The van der Waals surface area contributed by atoms with E-state index >= 15 is 0 Å². The van der Waals surface area contributed by atoms with Gasteiger partial charge in [-0.15, -0.1) is 11.3 Å². The summed E-state index contributed by atoms with van der Waals surface area (Å²) in [4.78, 5) is 34.3. The number of carbonyl (C=O) groups is 2. The lowest BCUT2D eigenvalue weighted by atomic mass is 9.69. The van der Waals surface area contributed by atoms with Crippen molar-refractivity contribution in [1.29, 1.82) is 0 Å². The van der Waals surface area contributed by atoms with Crippen LogP contribution < -0.4 is 5.32 Å². The fourth-order valence-corrected chi connectivity index (χ4v) is 5.62. The molecule has 3 heterocycles. The zero-order valence-electron chi connectivity index (χ0n) is 18.3. The van der Waals surface area contributed by atoms with Gasteiger partial charge < -0.3 is 10.2 Å². The van der Waals surface area contributed by atoms with Gasteiger partial charge in [0.2, 0.25) is 11.8 Å². The molecule has 2 aromatic rings. The number of thiazole rings is 1. The Morgan fingerprint density at radius 3 is 2.68 bits per heavy atom. The predicted octanol–water partition coefficient (Wildman–Crippen LogP) is 4.01. The average Bonchev–Trinajstić information content (AvgIpc) is 3.24. The van der Waals surface area contributed by atoms with Crippen molar-refractivity contribution < 1.29 is 9.59 Å². The first-order chi connectivity index (χ1) is 15.0. The van der Waals surface area contributed by atoms with Crippen molar-refractivity contribution in [3.05, 3.63) is 47.5 Å². The quantitative estimate of drug-likeness (QED) is 0.737. The number of hydrogen-bond donors (Lipinski definition) is 1. The summed E-state index contributed by atoms with van der Waals surface area (Å²) >= 11 is 1.43. The number of anilines is 1. The van der Waals surface area contributed by atoms with Crippen LogP contribution in [0.3, 0.4) is 0 Å². The Hall–Kier alpha value is -2.25. The lowest BCUT2D eigenvalue weighted by molar-refractivity contribution is -0.146. The first kappa shape index (κ1) is 22.0. The summed E-state index contributed by atoms with van der Waals surface area (Å²) in [6, 6.07) is 10.3. The number of likely N-dealkylation sites (tertiary alicyclic amines) is 2. The molecule has 0 radical (unpaired) electrons. The molecule has 6 nitrogen and oxygen atoms in total. The molecule has 7 heteroatoms. The van der Waals surface area contributed by atoms with Crippen LogP contribution in [0.2, 0.25) is 0 Å². The molecule has 31 heavy (non-hydrogen) atoms. The van der Waals surface area contributed by atoms with Gasteiger partial charge in [-0.3, -0.25) is 14.5 Å². The van der Waals surface area contributed by atoms with E-state index in [1.807, 2.05) is 23.6 Å². The van der Waals surface area contributed by atoms with Crippen LogP contribution in [-0.4, -0.2) is 52.8 Å². The SMILES string of the molecule is CC1(C2CCN(CC(=O)Nc3nccs3)CC2)CCCCN(Cc2ccccc2)C1=O. The van der Waals surface area contributed by atoms with Crippen LogP contribution >= 0.6 is 11.3 Å². The normalized spacial score (nSPS) is 23.5. The van der Waals surface area contributed by atoms with E-state index < -0.39 is 0 Å². The average molecular weight is 441 g/mol. The second-order valence-corrected chi connectivity index (χ2v) is 9.92. The van der Waals surface area contributed by atoms with Gasteiger partial charge in [-0.05, 0) is 50.3 Å². The maximum atomic E-state index is 13.7. The molecule has 0 bridgehead atoms. The van der Waals surface area contributed by atoms with Gasteiger partial charge >= 0.3 is 0 Å². The van der Waals surface area contributed by atoms with Gasteiger partial charge in [0.05, 0.1) is 6.54 Å². The first-order valence-electron chi connectivity index (χ1n) is 11.3. The molecule has 2 aliphatic rings. The Balaban J connectivity index is 1.34. The Labute approximate surface area is 188 Å². The molecule has 4 rings (SSSR count). The number of rotatable bonds is 6. The number of benzene rings is 1. The molecule has 0 aliphatic carbocycles. The van der Waals surface area contributed by atoms with E-state index in [0.717, 1.165) is 51.7 Å². The van der Waals surface area contributed by atoms with E-state index in [9.17, 15) is 9.59 Å². The molecule has 0 spiro atoms. The van der Waals surface area contributed by atoms with Crippen LogP contribution in [0.25, 0.3) is 0 Å². The second kappa shape index (κ2) is 9.92. The number of nitrogens with one attached hydrogen (secondary N) is 1. The monoisotopic (exact) mass is 440 g/mol. The van der Waals surface area contributed by atoms with E-state index in [4.69, 9.17) is 0 Å². The largest absolute Gasteiger partial charge is 0.338 e. The number of nitrogens with zero attached hydrogens (tertiary/aromatic N) is 3. The van der Waals surface area contributed by atoms with Crippen molar-refractivity contribution in [2.75, 3.05) is 31.5 Å². The maximum Gasteiger partial charge on any atom is 0.240 e. The fourth-order valence-electron chi connectivity index (χ4n) is 5.07. The van der Waals surface area contributed by atoms with E-state index in [-0.39, 0.29) is 11.3 Å². The molecule has 1 N–H and O–H groups in total. The number of piperidine rings is 1. The van der Waals surface area contributed by atoms with Crippen LogP contribution in [-0.2, 0) is 16.1 Å². The van der Waals surface area contributed by atoms with Gasteiger partial charge in [0.1, 0.15) is 0 Å². The molecular weight excluding hydrogens is 408 g/mol. The molecule has 166 valence electrons. The van der Waals surface area contributed by atoms with Crippen LogP contribution in [0.5, 0.6) is 0 Å². The maximum absolute atomic E-state index is 13.7. The first-order valence-corrected chi connectivity index (χ1v) is 12.2. The fraction of sp³-hybridized carbons (Fsp3) is 0.542. The number of hydrogen-bond acceptors (Lipinski definition) is 5. The minimum Gasteiger partial charge on any atom is -0.338 e. The highest BCUT2D eigenvalue weighted by molar-refractivity contribution is 7.13. The molecule has 0 saturated carbocycles. The molecule has 1 aromatic carbocycles. The van der Waals surface area contributed by atoms with Crippen LogP contribution in [0.1, 0.15) is 44.6 Å². The third kappa shape index (κ3) is 5.33. The lowest BCUT2D eigenvalue weighted by Gasteiger charge is -2.42. The molecule has 2 saturated heterocycles. The van der Waals surface area contributed by atoms with E-state index in [0.29, 0.717) is 30.0 Å². The van der Waals surface area contributed by atoms with Crippen LogP contribution in [0, 0.1) is 11.3 Å². The summed E-state index contributed by atoms with van der Waals surface area (Å²) < 4.78 is 0. The standard InChI is InChI=1S/C24H32N4O2S/c1-24(11-5-6-13-28(22(24)30)17-19-7-3-2-4-8-19)20-9-14-27(15-10-20)18-21(29)26-23-25-12-16-31-23/h2-4,7-8,12,16,20H,5-6,9-11,13-15,17-18H2,1H3,(H,25,26,29). The molecule has 2 amide bonds. The molecular formula is C24H32N4O2S. The summed E-state index contributed by atoms with van der Waals surface area (Å²) in [5.41, 5.74) is 0.890. The van der Waals surface area contributed by atoms with Gasteiger partial charge in [0, 0.05) is 30.1 Å². The van der Waals surface area contributed by atoms with Gasteiger partial charge in [-0.2, -0.15) is 0 Å². The van der Waals surface area contributed by atoms with E-state index in [1.54, 1.807) is 6.20 Å². The van der Waals surface area contributed by atoms with Crippen molar-refractivity contribution in [3.63, 3.8) is 0 Å². The molecule has 2 aliphatic heterocycles. The van der Waals surface area contributed by atoms with Gasteiger partial charge in [0.25, 0.3) is 0 Å². The number of carbonyl (C=O) groups excluding carboxylic acids is 2. The van der Waals surface area contributed by atoms with E-state index in [1.165, 1.54) is 16.9 Å². The summed E-state index contributed by atoms with van der Waals surface area (Å²) in [5.74, 6) is 0.669. The lowest BCUT2D eigenvalue weighted by Crippen LogP contribution is -2.49. The molecule has 1 aromatic heterocycles. The van der Waals surface area contributed by atoms with Crippen molar-refractivity contribution >= 4 is 28.3 Å². The summed E-state index contributed by atoms with van der Waals surface area (Å²) in [6.45, 7) is 5.84. The Morgan fingerprint density at radius 1 is 1.19 bits per heavy atom. The number of aromatic nitrogens is 1. The third-order valence-electron chi connectivity index (χ3n) is 6.90. The smallest absolute Gasteiger partial charge is 0.240 e. The molecule has 1 atom stereocenters. The zero-order valence-corrected chi connectivity index (χ0v) is 19.1. The number of amides is 2. The highest BCUT2D eigenvalue weighted by Gasteiger charge is 2.45. The van der Waals surface area contributed by atoms with E-state index in [2.05, 4.69) is 39.2 Å². The van der Waals surface area contributed by atoms with Crippen LogP contribution in [0.4, 0.5) is 5.13 Å². The van der Waals surface area contributed by atoms with Gasteiger partial charge in [-0.25, -0.2) is 4.98 Å². The molecule has 1 unspecified atom stereocenters. The summed E-state index contributed by atoms with van der Waals surface area (Å²) in [5, 5.41) is 5.36. The minimum atomic E-state index is -0.305. The summed E-state index contributed by atoms with van der Waals surface area (Å²) in [7, 11) is 0. The molecule has 2 fully saturated rings. The highest BCUT2D eigenvalue weighted by atomic mass is 32.1. The van der Waals surface area contributed by atoms with Crippen molar-refractivity contribution in [3.8, 4) is 0 Å². The zero-order chi connectivity index (χ0) is 21.7. The Bertz CT molecular complexity index is 865. The third-order valence-corrected chi connectivity index (χ3v) is 7.59. The summed E-state index contributed by atoms with van der Waals surface area (Å²) in [6.07, 6.45) is 6.76. The second-order valence-electron chi connectivity index (χ2n) is 9.02. The topological polar surface area (TPSA) is 65.5 Å². The Kier molecular flexibility index (Phi) is 7.02. The predicted molar refractivity (Wildman–Crippen MR) is 124 cm³/mol. The van der Waals surface area contributed by atoms with Gasteiger partial charge in [0.15, 0.2) is 5.13 Å². The van der Waals surface area contributed by atoms with Crippen molar-refractivity contribution in [1.82, 2.24) is 14.8 Å². The van der Waals surface area contributed by atoms with Gasteiger partial charge in [-0.1, -0.05) is 43.7 Å². The Morgan fingerprint density at radius 2 is 1.97 bits per heavy atom. The van der Waals surface area contributed by atoms with Crippen molar-refractivity contribution in [2.24, 2.45) is 11.3 Å².